The van der Waals surface area contributed by atoms with Gasteiger partial charge in [-0.2, -0.15) is 13.2 Å². The van der Waals surface area contributed by atoms with Crippen molar-refractivity contribution >= 4 is 46.3 Å². The molecule has 2 aromatic carbocycles. The van der Waals surface area contributed by atoms with Gasteiger partial charge >= 0.3 is 12.1 Å². The number of halogens is 5. The van der Waals surface area contributed by atoms with Crippen LogP contribution in [0.2, 0.25) is 10.0 Å². The zero-order valence-electron chi connectivity index (χ0n) is 20.1. The molecule has 2 aliphatic carbocycles. The Morgan fingerprint density at radius 3 is 2.34 bits per heavy atom. The molecule has 2 aromatic rings. The molecule has 202 valence electrons. The molecule has 6 nitrogen and oxygen atoms in total. The predicted molar refractivity (Wildman–Crippen MR) is 137 cm³/mol. The van der Waals surface area contributed by atoms with Gasteiger partial charge < -0.3 is 20.5 Å². The first-order valence-corrected chi connectivity index (χ1v) is 13.0. The van der Waals surface area contributed by atoms with E-state index in [0.717, 1.165) is 12.8 Å². The third-order valence-corrected chi connectivity index (χ3v) is 8.21. The lowest BCUT2D eigenvalue weighted by Crippen LogP contribution is -2.40. The van der Waals surface area contributed by atoms with Crippen LogP contribution in [0.3, 0.4) is 0 Å². The van der Waals surface area contributed by atoms with Crippen LogP contribution in [0.25, 0.3) is 5.70 Å². The van der Waals surface area contributed by atoms with E-state index in [1.807, 2.05) is 0 Å². The Hall–Kier alpha value is -2.75. The summed E-state index contributed by atoms with van der Waals surface area (Å²) in [5, 5.41) is 9.79. The van der Waals surface area contributed by atoms with Crippen molar-refractivity contribution in [2.45, 2.75) is 44.0 Å². The molecule has 2 saturated carbocycles. The van der Waals surface area contributed by atoms with Gasteiger partial charge in [-0.05, 0) is 56.0 Å². The SMILES string of the molecule is NC(=C(COC1CC2C[C@H]1CN2c1ccc(C(=O)O)cc1C(F)(F)F)C(=O)C1CC1)c1c(Cl)cccc1Cl. The molecule has 1 saturated heterocycles. The van der Waals surface area contributed by atoms with Gasteiger partial charge in [0.15, 0.2) is 5.78 Å². The second-order valence-electron chi connectivity index (χ2n) is 10.0. The summed E-state index contributed by atoms with van der Waals surface area (Å²) < 4.78 is 47.5. The lowest BCUT2D eigenvalue weighted by atomic mass is 10.00. The minimum atomic E-state index is -4.70. The molecule has 0 amide bonds. The molecule has 1 heterocycles. The largest absolute Gasteiger partial charge is 0.478 e. The van der Waals surface area contributed by atoms with Crippen LogP contribution in [-0.2, 0) is 15.7 Å². The quantitative estimate of drug-likeness (QED) is 0.377. The first-order valence-electron chi connectivity index (χ1n) is 12.3. The van der Waals surface area contributed by atoms with Gasteiger partial charge in [-0.15, -0.1) is 0 Å². The van der Waals surface area contributed by atoms with Gasteiger partial charge in [-0.1, -0.05) is 29.3 Å². The van der Waals surface area contributed by atoms with Crippen molar-refractivity contribution < 1.29 is 32.6 Å². The third-order valence-electron chi connectivity index (χ3n) is 7.58. The summed E-state index contributed by atoms with van der Waals surface area (Å²) in [5.41, 5.74) is 5.87. The smallest absolute Gasteiger partial charge is 0.418 e. The molecule has 11 heteroatoms. The summed E-state index contributed by atoms with van der Waals surface area (Å²) in [5.74, 6) is -1.68. The second-order valence-corrected chi connectivity index (χ2v) is 10.9. The van der Waals surface area contributed by atoms with Gasteiger partial charge in [0, 0.05) is 41.2 Å². The number of fused-ring (bicyclic) bond motifs is 2. The Bertz CT molecular complexity index is 1310. The number of ketones is 1. The number of carbonyl (C=O) groups excluding carboxylic acids is 1. The van der Waals surface area contributed by atoms with Crippen LogP contribution in [0.5, 0.6) is 0 Å². The normalized spacial score (nSPS) is 23.5. The van der Waals surface area contributed by atoms with Crippen LogP contribution in [0.4, 0.5) is 18.9 Å². The lowest BCUT2D eigenvalue weighted by molar-refractivity contribution is -0.137. The number of carboxylic acid groups (broad SMARTS) is 1. The fraction of sp³-hybridized carbons (Fsp3) is 0.407. The van der Waals surface area contributed by atoms with E-state index in [4.69, 9.17) is 38.8 Å². The Morgan fingerprint density at radius 1 is 1.11 bits per heavy atom. The van der Waals surface area contributed by atoms with E-state index in [9.17, 15) is 22.8 Å². The summed E-state index contributed by atoms with van der Waals surface area (Å²) in [7, 11) is 0. The van der Waals surface area contributed by atoms with Crippen molar-refractivity contribution in [3.63, 3.8) is 0 Å². The van der Waals surface area contributed by atoms with E-state index < -0.39 is 23.3 Å². The van der Waals surface area contributed by atoms with E-state index >= 15 is 0 Å². The van der Waals surface area contributed by atoms with Crippen LogP contribution < -0.4 is 10.6 Å². The van der Waals surface area contributed by atoms with Crippen LogP contribution in [-0.4, -0.2) is 42.2 Å². The number of Topliss-reactive ketones (excluding diaryl/α,β-unsaturated/α-hetero) is 1. The number of carbonyl (C=O) groups is 2. The number of piperidine rings is 1. The number of nitrogens with zero attached hydrogens (tertiary/aromatic N) is 1. The summed E-state index contributed by atoms with van der Waals surface area (Å²) >= 11 is 12.6. The highest BCUT2D eigenvalue weighted by molar-refractivity contribution is 6.37. The molecule has 3 fully saturated rings. The molecule has 0 spiro atoms. The molecule has 0 aromatic heterocycles. The highest BCUT2D eigenvalue weighted by atomic mass is 35.5. The zero-order valence-corrected chi connectivity index (χ0v) is 21.6. The topological polar surface area (TPSA) is 92.9 Å². The van der Waals surface area contributed by atoms with Crippen LogP contribution in [0, 0.1) is 11.8 Å². The summed E-state index contributed by atoms with van der Waals surface area (Å²) in [4.78, 5) is 26.0. The maximum Gasteiger partial charge on any atom is 0.418 e. The summed E-state index contributed by atoms with van der Waals surface area (Å²) in [6, 6.07) is 7.85. The van der Waals surface area contributed by atoms with E-state index in [1.54, 1.807) is 23.1 Å². The molecule has 0 radical (unpaired) electrons. The number of benzene rings is 2. The maximum absolute atomic E-state index is 13.8. The first kappa shape index (κ1) is 26.8. The standard InChI is InChI=1S/C27H25Cl2F3N2O4/c28-19-2-1-3-20(29)23(19)24(33)17(25(35)13-4-5-13)12-38-22-10-16-8-15(22)11-34(16)21-7-6-14(26(36)37)9-18(21)27(30,31)32/h1-3,6-7,9,13,15-16,22H,4-5,8,10-12,33H2,(H,36,37)/t15-,16?,22?/m0/s1. The molecular weight excluding hydrogens is 544 g/mol. The van der Waals surface area contributed by atoms with Crippen LogP contribution in [0.15, 0.2) is 42.0 Å². The Kier molecular flexibility index (Phi) is 7.13. The van der Waals surface area contributed by atoms with Crippen molar-refractivity contribution in [3.8, 4) is 0 Å². The highest BCUT2D eigenvalue weighted by Gasteiger charge is 2.48. The van der Waals surface area contributed by atoms with E-state index in [-0.39, 0.29) is 47.8 Å². The van der Waals surface area contributed by atoms with Gasteiger partial charge in [0.1, 0.15) is 0 Å². The van der Waals surface area contributed by atoms with Gasteiger partial charge in [0.25, 0.3) is 0 Å². The number of hydrogen-bond acceptors (Lipinski definition) is 5. The van der Waals surface area contributed by atoms with E-state index in [1.165, 1.54) is 12.1 Å². The van der Waals surface area contributed by atoms with Crippen molar-refractivity contribution in [2.24, 2.45) is 17.6 Å². The first-order chi connectivity index (χ1) is 18.0. The lowest BCUT2D eigenvalue weighted by Gasteiger charge is -2.35. The predicted octanol–water partition coefficient (Wildman–Crippen LogP) is 6.04. The Labute approximate surface area is 227 Å². The molecule has 1 aliphatic heterocycles. The van der Waals surface area contributed by atoms with Crippen LogP contribution in [0.1, 0.15) is 47.2 Å². The summed E-state index contributed by atoms with van der Waals surface area (Å²) in [6.07, 6.45) is -2.31. The molecule has 38 heavy (non-hydrogen) atoms. The fourth-order valence-corrected chi connectivity index (χ4v) is 6.12. The monoisotopic (exact) mass is 568 g/mol. The number of carboxylic acids is 1. The van der Waals surface area contributed by atoms with Gasteiger partial charge in [-0.25, -0.2) is 4.79 Å². The molecule has 3 atom stereocenters. The maximum atomic E-state index is 13.8. The molecule has 5 rings (SSSR count). The van der Waals surface area contributed by atoms with Gasteiger partial charge in [-0.3, -0.25) is 4.79 Å². The number of hydrogen-bond donors (Lipinski definition) is 2. The molecule has 2 unspecified atom stereocenters. The molecule has 3 aliphatic rings. The van der Waals surface area contributed by atoms with Crippen molar-refractivity contribution in [3.05, 3.63) is 68.7 Å². The minimum absolute atomic E-state index is 0.0319. The van der Waals surface area contributed by atoms with E-state index in [0.29, 0.717) is 46.6 Å². The molecular formula is C27H25Cl2F3N2O4. The summed E-state index contributed by atoms with van der Waals surface area (Å²) in [6.45, 7) is 0.282. The average molecular weight is 569 g/mol. The number of anilines is 1. The number of nitrogens with two attached hydrogens (primary N) is 1. The van der Waals surface area contributed by atoms with Gasteiger partial charge in [0.2, 0.25) is 0 Å². The van der Waals surface area contributed by atoms with Gasteiger partial charge in [0.05, 0.1) is 39.6 Å². The second kappa shape index (κ2) is 10.1. The van der Waals surface area contributed by atoms with Crippen molar-refractivity contribution in [1.29, 1.82) is 0 Å². The number of aromatic carboxylic acids is 1. The van der Waals surface area contributed by atoms with Crippen LogP contribution >= 0.6 is 23.2 Å². The van der Waals surface area contributed by atoms with Crippen molar-refractivity contribution in [1.82, 2.24) is 0 Å². The zero-order chi connectivity index (χ0) is 27.4. The molecule has 3 N–H and O–H groups in total. The molecule has 2 bridgehead atoms. The third kappa shape index (κ3) is 5.11. The Balaban J connectivity index is 1.34. The Morgan fingerprint density at radius 2 is 1.79 bits per heavy atom. The van der Waals surface area contributed by atoms with Crippen molar-refractivity contribution in [2.75, 3.05) is 18.1 Å². The fourth-order valence-electron chi connectivity index (χ4n) is 5.52. The number of ether oxygens (including phenoxy) is 1. The average Bonchev–Trinajstić information content (AvgIpc) is 3.52. The van der Waals surface area contributed by atoms with E-state index in [2.05, 4.69) is 0 Å². The minimum Gasteiger partial charge on any atom is -0.478 e. The highest BCUT2D eigenvalue weighted by Crippen LogP contribution is 2.46. The number of alkyl halides is 3. The number of rotatable bonds is 8.